The van der Waals surface area contributed by atoms with E-state index >= 15 is 0 Å². The molecule has 5 nitrogen and oxygen atoms in total. The molecule has 2 aromatic carbocycles. The van der Waals surface area contributed by atoms with Crippen molar-refractivity contribution in [3.8, 4) is 5.75 Å². The van der Waals surface area contributed by atoms with E-state index < -0.39 is 5.97 Å². The molecule has 0 spiro atoms. The van der Waals surface area contributed by atoms with E-state index in [-0.39, 0.29) is 5.91 Å². The molecule has 0 aliphatic rings. The lowest BCUT2D eigenvalue weighted by Crippen LogP contribution is -2.15. The molecule has 0 saturated carbocycles. The molecule has 0 fully saturated rings. The predicted molar refractivity (Wildman–Crippen MR) is 97.1 cm³/mol. The number of amides is 1. The molecule has 0 aliphatic heterocycles. The van der Waals surface area contributed by atoms with Crippen molar-refractivity contribution in [3.05, 3.63) is 59.2 Å². The summed E-state index contributed by atoms with van der Waals surface area (Å²) >= 11 is 0. The minimum atomic E-state index is -0.417. The molecule has 0 aromatic heterocycles. The molecular weight excluding hydrogens is 318 g/mol. The van der Waals surface area contributed by atoms with E-state index in [4.69, 9.17) is 9.47 Å². The Morgan fingerprint density at radius 1 is 1.04 bits per heavy atom. The van der Waals surface area contributed by atoms with Crippen LogP contribution in [0.4, 0.5) is 5.69 Å². The van der Waals surface area contributed by atoms with Crippen LogP contribution in [-0.2, 0) is 9.53 Å². The standard InChI is InChI=1S/C20H23NO4/c1-14-9-11-16(12-10-14)25-13-5-8-19(22)21-18-7-4-6-17(15(18)2)20(23)24-3/h4,6-7,9-12H,5,8,13H2,1-3H3,(H,21,22). The lowest BCUT2D eigenvalue weighted by molar-refractivity contribution is -0.116. The lowest BCUT2D eigenvalue weighted by atomic mass is 10.1. The second kappa shape index (κ2) is 8.87. The molecular formula is C20H23NO4. The van der Waals surface area contributed by atoms with Gasteiger partial charge in [0.1, 0.15) is 5.75 Å². The number of rotatable bonds is 7. The monoisotopic (exact) mass is 341 g/mol. The maximum Gasteiger partial charge on any atom is 0.338 e. The smallest absolute Gasteiger partial charge is 0.338 e. The van der Waals surface area contributed by atoms with E-state index in [2.05, 4.69) is 5.32 Å². The summed E-state index contributed by atoms with van der Waals surface area (Å²) in [5, 5.41) is 2.83. The predicted octanol–water partition coefficient (Wildman–Crippen LogP) is 3.89. The third kappa shape index (κ3) is 5.35. The number of anilines is 1. The van der Waals surface area contributed by atoms with Crippen LogP contribution >= 0.6 is 0 Å². The molecule has 0 atom stereocenters. The van der Waals surface area contributed by atoms with Crippen LogP contribution in [0.15, 0.2) is 42.5 Å². The van der Waals surface area contributed by atoms with Gasteiger partial charge in [0, 0.05) is 12.1 Å². The highest BCUT2D eigenvalue weighted by Gasteiger charge is 2.13. The number of benzene rings is 2. The van der Waals surface area contributed by atoms with Crippen LogP contribution in [0, 0.1) is 13.8 Å². The molecule has 132 valence electrons. The number of methoxy groups -OCH3 is 1. The van der Waals surface area contributed by atoms with E-state index in [1.54, 1.807) is 25.1 Å². The van der Waals surface area contributed by atoms with Crippen LogP contribution in [0.25, 0.3) is 0 Å². The minimum Gasteiger partial charge on any atom is -0.494 e. The van der Waals surface area contributed by atoms with E-state index in [1.165, 1.54) is 12.7 Å². The van der Waals surface area contributed by atoms with Crippen molar-refractivity contribution in [1.29, 1.82) is 0 Å². The van der Waals surface area contributed by atoms with Crippen LogP contribution in [-0.4, -0.2) is 25.6 Å². The van der Waals surface area contributed by atoms with Gasteiger partial charge in [0.2, 0.25) is 5.91 Å². The van der Waals surface area contributed by atoms with Gasteiger partial charge in [-0.25, -0.2) is 4.79 Å². The van der Waals surface area contributed by atoms with Gasteiger partial charge in [-0.3, -0.25) is 4.79 Å². The van der Waals surface area contributed by atoms with Crippen molar-refractivity contribution in [3.63, 3.8) is 0 Å². The van der Waals surface area contributed by atoms with Crippen molar-refractivity contribution in [1.82, 2.24) is 0 Å². The number of carbonyl (C=O) groups excluding carboxylic acids is 2. The Morgan fingerprint density at radius 2 is 1.76 bits per heavy atom. The fraction of sp³-hybridized carbons (Fsp3) is 0.300. The van der Waals surface area contributed by atoms with Crippen molar-refractivity contribution >= 4 is 17.6 Å². The quantitative estimate of drug-likeness (QED) is 0.613. The molecule has 0 unspecified atom stereocenters. The Labute approximate surface area is 148 Å². The van der Waals surface area contributed by atoms with E-state index in [1.807, 2.05) is 31.2 Å². The fourth-order valence-electron chi connectivity index (χ4n) is 2.37. The van der Waals surface area contributed by atoms with Crippen molar-refractivity contribution in [2.45, 2.75) is 26.7 Å². The molecule has 25 heavy (non-hydrogen) atoms. The van der Waals surface area contributed by atoms with Gasteiger partial charge in [-0.2, -0.15) is 0 Å². The summed E-state index contributed by atoms with van der Waals surface area (Å²) in [6.07, 6.45) is 0.948. The first-order chi connectivity index (χ1) is 12.0. The highest BCUT2D eigenvalue weighted by atomic mass is 16.5. The summed E-state index contributed by atoms with van der Waals surface area (Å²) in [5.41, 5.74) is 2.94. The largest absolute Gasteiger partial charge is 0.494 e. The summed E-state index contributed by atoms with van der Waals surface area (Å²) in [7, 11) is 1.33. The van der Waals surface area contributed by atoms with Crippen LogP contribution in [0.5, 0.6) is 5.75 Å². The molecule has 0 bridgehead atoms. The number of hydrogen-bond donors (Lipinski definition) is 1. The van der Waals surface area contributed by atoms with Gasteiger partial charge in [-0.05, 0) is 50.1 Å². The molecule has 0 saturated heterocycles. The van der Waals surface area contributed by atoms with Crippen molar-refractivity contribution in [2.75, 3.05) is 19.0 Å². The highest BCUT2D eigenvalue weighted by molar-refractivity contribution is 5.96. The maximum atomic E-state index is 12.1. The van der Waals surface area contributed by atoms with E-state index in [0.717, 1.165) is 5.75 Å². The summed E-state index contributed by atoms with van der Waals surface area (Å²) in [4.78, 5) is 23.8. The zero-order chi connectivity index (χ0) is 18.2. The first-order valence-corrected chi connectivity index (χ1v) is 8.18. The zero-order valence-corrected chi connectivity index (χ0v) is 14.8. The van der Waals surface area contributed by atoms with Crippen LogP contribution < -0.4 is 10.1 Å². The topological polar surface area (TPSA) is 64.6 Å². The number of nitrogens with one attached hydrogen (secondary N) is 1. The van der Waals surface area contributed by atoms with Gasteiger partial charge < -0.3 is 14.8 Å². The number of aryl methyl sites for hydroxylation is 1. The average molecular weight is 341 g/mol. The van der Waals surface area contributed by atoms with Crippen LogP contribution in [0.3, 0.4) is 0 Å². The van der Waals surface area contributed by atoms with E-state index in [0.29, 0.717) is 36.3 Å². The Morgan fingerprint density at radius 3 is 2.44 bits per heavy atom. The Balaban J connectivity index is 1.82. The van der Waals surface area contributed by atoms with Crippen LogP contribution in [0.1, 0.15) is 34.3 Å². The number of esters is 1. The Kier molecular flexibility index (Phi) is 6.57. The molecule has 2 aromatic rings. The Hall–Kier alpha value is -2.82. The van der Waals surface area contributed by atoms with E-state index in [9.17, 15) is 9.59 Å². The molecule has 0 radical (unpaired) electrons. The van der Waals surface area contributed by atoms with Crippen molar-refractivity contribution < 1.29 is 19.1 Å². The second-order valence-corrected chi connectivity index (χ2v) is 5.78. The first kappa shape index (κ1) is 18.5. The number of hydrogen-bond acceptors (Lipinski definition) is 4. The van der Waals surface area contributed by atoms with Gasteiger partial charge in [-0.1, -0.05) is 23.8 Å². The molecule has 1 amide bonds. The highest BCUT2D eigenvalue weighted by Crippen LogP contribution is 2.20. The SMILES string of the molecule is COC(=O)c1cccc(NC(=O)CCCOc2ccc(C)cc2)c1C. The lowest BCUT2D eigenvalue weighted by Gasteiger charge is -2.11. The van der Waals surface area contributed by atoms with Crippen LogP contribution in [0.2, 0.25) is 0 Å². The number of ether oxygens (including phenoxy) is 2. The van der Waals surface area contributed by atoms with Gasteiger partial charge >= 0.3 is 5.97 Å². The first-order valence-electron chi connectivity index (χ1n) is 8.18. The van der Waals surface area contributed by atoms with Crippen molar-refractivity contribution in [2.24, 2.45) is 0 Å². The maximum absolute atomic E-state index is 12.1. The summed E-state index contributed by atoms with van der Waals surface area (Å²) in [6, 6.07) is 13.0. The number of carbonyl (C=O) groups is 2. The molecule has 0 aliphatic carbocycles. The van der Waals surface area contributed by atoms with Gasteiger partial charge in [0.05, 0.1) is 19.3 Å². The molecule has 5 heteroatoms. The van der Waals surface area contributed by atoms with Gasteiger partial charge in [0.25, 0.3) is 0 Å². The summed E-state index contributed by atoms with van der Waals surface area (Å²) in [6.45, 7) is 4.27. The second-order valence-electron chi connectivity index (χ2n) is 5.78. The normalized spacial score (nSPS) is 10.2. The molecule has 0 heterocycles. The summed E-state index contributed by atoms with van der Waals surface area (Å²) in [5.74, 6) is 0.269. The fourth-order valence-corrected chi connectivity index (χ4v) is 2.37. The minimum absolute atomic E-state index is 0.113. The third-order valence-electron chi connectivity index (χ3n) is 3.85. The zero-order valence-electron chi connectivity index (χ0n) is 14.8. The van der Waals surface area contributed by atoms with Gasteiger partial charge in [-0.15, -0.1) is 0 Å². The molecule has 1 N–H and O–H groups in total. The average Bonchev–Trinajstić information content (AvgIpc) is 2.61. The Bertz CT molecular complexity index is 738. The third-order valence-corrected chi connectivity index (χ3v) is 3.85. The van der Waals surface area contributed by atoms with Gasteiger partial charge in [0.15, 0.2) is 0 Å². The molecule has 2 rings (SSSR count). The summed E-state index contributed by atoms with van der Waals surface area (Å²) < 4.78 is 10.3.